The van der Waals surface area contributed by atoms with Gasteiger partial charge in [-0.1, -0.05) is 48.5 Å². The lowest BCUT2D eigenvalue weighted by Crippen LogP contribution is -2.37. The number of anilines is 3. The highest BCUT2D eigenvalue weighted by Gasteiger charge is 2.23. The zero-order chi connectivity index (χ0) is 25.2. The highest BCUT2D eigenvalue weighted by Crippen LogP contribution is 2.37. The zero-order valence-electron chi connectivity index (χ0n) is 19.4. The Morgan fingerprint density at radius 1 is 0.778 bits per heavy atom. The molecule has 0 aliphatic rings. The number of benzene rings is 3. The summed E-state index contributed by atoms with van der Waals surface area (Å²) in [6.07, 6.45) is 1.66. The minimum Gasteiger partial charge on any atom is -0.508 e. The highest BCUT2D eigenvalue weighted by molar-refractivity contribution is 5.86. The molecule has 0 bridgehead atoms. The van der Waals surface area contributed by atoms with Crippen LogP contribution in [0.2, 0.25) is 0 Å². The molecule has 0 aliphatic carbocycles. The maximum atomic E-state index is 12.4. The second-order valence-corrected chi connectivity index (χ2v) is 8.49. The summed E-state index contributed by atoms with van der Waals surface area (Å²) < 4.78 is 0. The molecule has 178 valence electrons. The SMILES string of the molecule is C[C@H](Nc1c(Nc2ccc(O)c(-c3ncccc3-c3ccccc3)c2)c(=O)c1=O)c1cccc(O)c1. The summed E-state index contributed by atoms with van der Waals surface area (Å²) in [5.74, 6) is 0.155. The van der Waals surface area contributed by atoms with Crippen LogP contribution in [0.4, 0.5) is 17.1 Å². The first-order valence-corrected chi connectivity index (χ1v) is 11.4. The quantitative estimate of drug-likeness (QED) is 0.185. The topological polar surface area (TPSA) is 112 Å². The molecule has 0 unspecified atom stereocenters. The molecule has 0 fully saturated rings. The lowest BCUT2D eigenvalue weighted by molar-refractivity contribution is 0.474. The molecular weight excluding hydrogens is 454 g/mol. The summed E-state index contributed by atoms with van der Waals surface area (Å²) in [5.41, 5.74) is 3.25. The van der Waals surface area contributed by atoms with Gasteiger partial charge in [0, 0.05) is 29.1 Å². The molecule has 7 heteroatoms. The average molecular weight is 478 g/mol. The monoisotopic (exact) mass is 477 g/mol. The lowest BCUT2D eigenvalue weighted by Gasteiger charge is -2.20. The van der Waals surface area contributed by atoms with Crippen molar-refractivity contribution >= 4 is 17.1 Å². The maximum absolute atomic E-state index is 12.4. The lowest BCUT2D eigenvalue weighted by atomic mass is 9.98. The van der Waals surface area contributed by atoms with Crippen LogP contribution in [0.1, 0.15) is 18.5 Å². The molecule has 4 N–H and O–H groups in total. The van der Waals surface area contributed by atoms with Gasteiger partial charge in [0.15, 0.2) is 0 Å². The van der Waals surface area contributed by atoms with Gasteiger partial charge >= 0.3 is 0 Å². The largest absolute Gasteiger partial charge is 0.508 e. The van der Waals surface area contributed by atoms with Crippen molar-refractivity contribution in [1.29, 1.82) is 0 Å². The van der Waals surface area contributed by atoms with E-state index in [1.165, 1.54) is 6.07 Å². The second-order valence-electron chi connectivity index (χ2n) is 8.49. The predicted molar refractivity (Wildman–Crippen MR) is 142 cm³/mol. The van der Waals surface area contributed by atoms with Gasteiger partial charge in [-0.15, -0.1) is 0 Å². The molecule has 1 heterocycles. The zero-order valence-corrected chi connectivity index (χ0v) is 19.4. The Balaban J connectivity index is 1.46. The van der Waals surface area contributed by atoms with Crippen molar-refractivity contribution in [2.24, 2.45) is 0 Å². The van der Waals surface area contributed by atoms with Crippen LogP contribution in [0.3, 0.4) is 0 Å². The van der Waals surface area contributed by atoms with Crippen molar-refractivity contribution in [3.8, 4) is 33.9 Å². The van der Waals surface area contributed by atoms with E-state index in [2.05, 4.69) is 15.6 Å². The van der Waals surface area contributed by atoms with Crippen molar-refractivity contribution < 1.29 is 10.2 Å². The Labute approximate surface area is 207 Å². The summed E-state index contributed by atoms with van der Waals surface area (Å²) in [6.45, 7) is 1.83. The van der Waals surface area contributed by atoms with Gasteiger partial charge in [-0.25, -0.2) is 0 Å². The van der Waals surface area contributed by atoms with E-state index in [1.807, 2.05) is 55.5 Å². The fourth-order valence-electron chi connectivity index (χ4n) is 4.16. The molecule has 0 saturated carbocycles. The van der Waals surface area contributed by atoms with Gasteiger partial charge in [-0.3, -0.25) is 14.6 Å². The fraction of sp³-hybridized carbons (Fsp3) is 0.0690. The minimum atomic E-state index is -0.627. The second kappa shape index (κ2) is 9.38. The van der Waals surface area contributed by atoms with Gasteiger partial charge in [-0.05, 0) is 54.4 Å². The van der Waals surface area contributed by atoms with Crippen molar-refractivity contribution in [3.63, 3.8) is 0 Å². The molecule has 0 spiro atoms. The van der Waals surface area contributed by atoms with Gasteiger partial charge in [-0.2, -0.15) is 0 Å². The summed E-state index contributed by atoms with van der Waals surface area (Å²) in [6, 6.07) is 24.7. The van der Waals surface area contributed by atoms with E-state index in [0.717, 1.165) is 16.7 Å². The van der Waals surface area contributed by atoms with Gasteiger partial charge < -0.3 is 20.8 Å². The summed E-state index contributed by atoms with van der Waals surface area (Å²) in [7, 11) is 0. The van der Waals surface area contributed by atoms with Gasteiger partial charge in [0.25, 0.3) is 10.9 Å². The highest BCUT2D eigenvalue weighted by atomic mass is 16.3. The first-order chi connectivity index (χ1) is 17.4. The Kier molecular flexibility index (Phi) is 5.96. The van der Waals surface area contributed by atoms with Crippen LogP contribution in [0.15, 0.2) is 101 Å². The number of phenolic OH excluding ortho intramolecular Hbond substituents is 2. The first-order valence-electron chi connectivity index (χ1n) is 11.4. The molecule has 36 heavy (non-hydrogen) atoms. The number of pyridine rings is 1. The van der Waals surface area contributed by atoms with E-state index in [9.17, 15) is 19.8 Å². The number of phenols is 2. The third-order valence-electron chi connectivity index (χ3n) is 6.05. The van der Waals surface area contributed by atoms with Crippen LogP contribution >= 0.6 is 0 Å². The number of hydrogen-bond donors (Lipinski definition) is 4. The molecule has 0 saturated heterocycles. The predicted octanol–water partition coefficient (Wildman–Crippen LogP) is 5.34. The van der Waals surface area contributed by atoms with Crippen LogP contribution in [0.25, 0.3) is 22.4 Å². The molecule has 5 aromatic rings. The molecule has 0 aliphatic heterocycles. The Hall–Kier alpha value is -4.91. The third-order valence-corrected chi connectivity index (χ3v) is 6.05. The molecule has 4 aromatic carbocycles. The minimum absolute atomic E-state index is 0.0391. The molecule has 1 atom stereocenters. The first kappa shape index (κ1) is 22.9. The van der Waals surface area contributed by atoms with Crippen molar-refractivity contribution in [2.45, 2.75) is 13.0 Å². The van der Waals surface area contributed by atoms with E-state index in [-0.39, 0.29) is 28.9 Å². The normalized spacial score (nSPS) is 11.8. The number of aromatic hydroxyl groups is 2. The number of rotatable bonds is 7. The summed E-state index contributed by atoms with van der Waals surface area (Å²) in [4.78, 5) is 29.2. The molecule has 0 radical (unpaired) electrons. The van der Waals surface area contributed by atoms with Crippen LogP contribution in [0, 0.1) is 0 Å². The number of aromatic nitrogens is 1. The molecular formula is C29H23N3O4. The van der Waals surface area contributed by atoms with Gasteiger partial charge in [0.05, 0.1) is 5.69 Å². The van der Waals surface area contributed by atoms with Crippen molar-refractivity contribution in [2.75, 3.05) is 10.6 Å². The number of nitrogens with zero attached hydrogens (tertiary/aromatic N) is 1. The number of nitrogens with one attached hydrogen (secondary N) is 2. The summed E-state index contributed by atoms with van der Waals surface area (Å²) in [5, 5.41) is 26.5. The Morgan fingerprint density at radius 2 is 1.56 bits per heavy atom. The van der Waals surface area contributed by atoms with E-state index in [4.69, 9.17) is 0 Å². The Morgan fingerprint density at radius 3 is 2.33 bits per heavy atom. The van der Waals surface area contributed by atoms with Crippen molar-refractivity contribution in [3.05, 3.63) is 117 Å². The maximum Gasteiger partial charge on any atom is 0.253 e. The fourth-order valence-corrected chi connectivity index (χ4v) is 4.16. The van der Waals surface area contributed by atoms with Crippen molar-refractivity contribution in [1.82, 2.24) is 4.98 Å². The molecule has 5 rings (SSSR count). The van der Waals surface area contributed by atoms with Crippen LogP contribution < -0.4 is 21.5 Å². The standard InChI is InChI=1S/C29H23N3O4/c1-17(19-9-5-10-21(33)15-19)31-26-27(29(36)28(26)35)32-20-12-13-24(34)23(16-20)25-22(11-6-14-30-25)18-7-3-2-4-8-18/h2-17,31-34H,1H3/t17-/m0/s1. The van der Waals surface area contributed by atoms with Crippen LogP contribution in [-0.4, -0.2) is 15.2 Å². The van der Waals surface area contributed by atoms with E-state index >= 15 is 0 Å². The van der Waals surface area contributed by atoms with Crippen LogP contribution in [-0.2, 0) is 0 Å². The number of hydrogen-bond acceptors (Lipinski definition) is 7. The molecule has 0 amide bonds. The third kappa shape index (κ3) is 4.30. The van der Waals surface area contributed by atoms with E-state index in [1.54, 1.807) is 36.5 Å². The van der Waals surface area contributed by atoms with Gasteiger partial charge in [0.2, 0.25) is 0 Å². The molecule has 1 aromatic heterocycles. The van der Waals surface area contributed by atoms with E-state index < -0.39 is 10.9 Å². The Bertz CT molecular complexity index is 1620. The van der Waals surface area contributed by atoms with E-state index in [0.29, 0.717) is 16.9 Å². The molecule has 7 nitrogen and oxygen atoms in total. The van der Waals surface area contributed by atoms with Gasteiger partial charge in [0.1, 0.15) is 22.9 Å². The smallest absolute Gasteiger partial charge is 0.253 e. The van der Waals surface area contributed by atoms with Crippen LogP contribution in [0.5, 0.6) is 11.5 Å². The summed E-state index contributed by atoms with van der Waals surface area (Å²) >= 11 is 0. The average Bonchev–Trinajstić information content (AvgIpc) is 2.91.